The van der Waals surface area contributed by atoms with Gasteiger partial charge in [0.05, 0.1) is 11.9 Å². The minimum Gasteiger partial charge on any atom is -0.480 e. The molecular weight excluding hydrogens is 216 g/mol. The van der Waals surface area contributed by atoms with Gasteiger partial charge in [-0.3, -0.25) is 4.79 Å². The Kier molecular flexibility index (Phi) is 2.31. The van der Waals surface area contributed by atoms with Gasteiger partial charge in [0, 0.05) is 7.05 Å². The summed E-state index contributed by atoms with van der Waals surface area (Å²) >= 11 is 1.37. The number of aryl methyl sites for hydroxylation is 1. The number of likely N-dealkylation sites (N-methyl/N-ethyl adjacent to an activating group) is 1. The first kappa shape index (κ1) is 9.91. The third kappa shape index (κ3) is 1.91. The summed E-state index contributed by atoms with van der Waals surface area (Å²) in [6.07, 6.45) is 1.81. The van der Waals surface area contributed by atoms with Crippen LogP contribution < -0.4 is 4.90 Å². The molecule has 0 spiro atoms. The molecule has 2 aromatic rings. The Hall–Kier alpha value is -1.63. The molecule has 2 rings (SSSR count). The quantitative estimate of drug-likeness (QED) is 0.830. The predicted octanol–water partition coefficient (Wildman–Crippen LogP) is 0.620. The fraction of sp³-hybridized carbons (Fsp3) is 0.375. The van der Waals surface area contributed by atoms with Gasteiger partial charge in [0.1, 0.15) is 6.54 Å². The monoisotopic (exact) mass is 226 g/mol. The molecule has 0 radical (unpaired) electrons. The van der Waals surface area contributed by atoms with Gasteiger partial charge < -0.3 is 10.0 Å². The molecule has 6 nitrogen and oxygen atoms in total. The van der Waals surface area contributed by atoms with Crippen LogP contribution in [-0.2, 0) is 4.79 Å². The number of hydrogen-bond acceptors (Lipinski definition) is 5. The van der Waals surface area contributed by atoms with E-state index < -0.39 is 5.97 Å². The Morgan fingerprint density at radius 2 is 2.47 bits per heavy atom. The van der Waals surface area contributed by atoms with Gasteiger partial charge in [-0.25, -0.2) is 9.50 Å². The van der Waals surface area contributed by atoms with E-state index in [1.807, 2.05) is 13.1 Å². The smallest absolute Gasteiger partial charge is 0.323 e. The Labute approximate surface area is 89.8 Å². The number of rotatable bonds is 3. The van der Waals surface area contributed by atoms with Gasteiger partial charge in [0.15, 0.2) is 0 Å². The molecule has 0 saturated carbocycles. The molecule has 1 N–H and O–H groups in total. The number of hydrogen-bond donors (Lipinski definition) is 1. The van der Waals surface area contributed by atoms with Crippen molar-refractivity contribution in [2.45, 2.75) is 6.92 Å². The standard InChI is InChI=1S/C8H10N4O2S/c1-5-3-12-7(9-5)15-8(10-12)11(2)4-6(13)14/h3H,4H2,1-2H3,(H,13,14). The number of aromatic nitrogens is 3. The molecule has 0 bridgehead atoms. The maximum atomic E-state index is 10.5. The highest BCUT2D eigenvalue weighted by molar-refractivity contribution is 7.20. The maximum absolute atomic E-state index is 10.5. The molecule has 0 aliphatic rings. The minimum absolute atomic E-state index is 0.0599. The van der Waals surface area contributed by atoms with Crippen molar-refractivity contribution in [2.24, 2.45) is 0 Å². The maximum Gasteiger partial charge on any atom is 0.323 e. The highest BCUT2D eigenvalue weighted by atomic mass is 32.1. The lowest BCUT2D eigenvalue weighted by Gasteiger charge is -2.10. The third-order valence-corrected chi connectivity index (χ3v) is 2.89. The summed E-state index contributed by atoms with van der Waals surface area (Å²) in [6.45, 7) is 1.83. The molecule has 0 fully saturated rings. The zero-order valence-corrected chi connectivity index (χ0v) is 9.15. The second kappa shape index (κ2) is 3.50. The van der Waals surface area contributed by atoms with E-state index >= 15 is 0 Å². The average molecular weight is 226 g/mol. The van der Waals surface area contributed by atoms with E-state index in [-0.39, 0.29) is 6.54 Å². The molecule has 0 unspecified atom stereocenters. The zero-order valence-electron chi connectivity index (χ0n) is 8.34. The van der Waals surface area contributed by atoms with Crippen molar-refractivity contribution in [1.29, 1.82) is 0 Å². The van der Waals surface area contributed by atoms with Crippen molar-refractivity contribution < 1.29 is 9.90 Å². The number of fused-ring (bicyclic) bond motifs is 1. The highest BCUT2D eigenvalue weighted by Crippen LogP contribution is 2.21. The zero-order chi connectivity index (χ0) is 11.0. The Morgan fingerprint density at radius 1 is 1.73 bits per heavy atom. The Bertz CT molecular complexity index is 472. The molecule has 0 atom stereocenters. The first-order chi connectivity index (χ1) is 7.06. The van der Waals surface area contributed by atoms with Crippen LogP contribution in [0.4, 0.5) is 5.13 Å². The van der Waals surface area contributed by atoms with Crippen LogP contribution in [0.3, 0.4) is 0 Å². The van der Waals surface area contributed by atoms with Gasteiger partial charge in [-0.2, -0.15) is 0 Å². The number of anilines is 1. The van der Waals surface area contributed by atoms with Crippen LogP contribution in [0.2, 0.25) is 0 Å². The van der Waals surface area contributed by atoms with Crippen molar-refractivity contribution in [2.75, 3.05) is 18.5 Å². The summed E-state index contributed by atoms with van der Waals surface area (Å²) in [5, 5.41) is 13.5. The van der Waals surface area contributed by atoms with Crippen LogP contribution in [0.15, 0.2) is 6.20 Å². The fourth-order valence-corrected chi connectivity index (χ4v) is 2.11. The number of aliphatic carboxylic acids is 1. The molecule has 0 amide bonds. The highest BCUT2D eigenvalue weighted by Gasteiger charge is 2.12. The van der Waals surface area contributed by atoms with E-state index in [0.717, 1.165) is 10.7 Å². The molecule has 7 heteroatoms. The summed E-state index contributed by atoms with van der Waals surface area (Å²) in [5.74, 6) is -0.874. The molecule has 0 aliphatic heterocycles. The summed E-state index contributed by atoms with van der Waals surface area (Å²) in [6, 6.07) is 0. The van der Waals surface area contributed by atoms with Crippen LogP contribution >= 0.6 is 11.3 Å². The van der Waals surface area contributed by atoms with Crippen LogP contribution in [0.5, 0.6) is 0 Å². The molecule has 2 aromatic heterocycles. The van der Waals surface area contributed by atoms with Gasteiger partial charge >= 0.3 is 5.97 Å². The van der Waals surface area contributed by atoms with Crippen LogP contribution in [0.1, 0.15) is 5.69 Å². The normalized spacial score (nSPS) is 10.8. The van der Waals surface area contributed by atoms with Crippen molar-refractivity contribution in [3.63, 3.8) is 0 Å². The Morgan fingerprint density at radius 3 is 3.07 bits per heavy atom. The summed E-state index contributed by atoms with van der Waals surface area (Å²) in [4.78, 5) is 17.1. The van der Waals surface area contributed by atoms with E-state index in [2.05, 4.69) is 10.1 Å². The Balaban J connectivity index is 2.28. The number of carboxylic acid groups (broad SMARTS) is 1. The number of nitrogens with zero attached hydrogens (tertiary/aromatic N) is 4. The van der Waals surface area contributed by atoms with Gasteiger partial charge in [-0.1, -0.05) is 11.3 Å². The topological polar surface area (TPSA) is 70.7 Å². The molecule has 0 aliphatic carbocycles. The van der Waals surface area contributed by atoms with E-state index in [0.29, 0.717) is 5.13 Å². The summed E-state index contributed by atoms with van der Waals surface area (Å²) in [7, 11) is 1.69. The van der Waals surface area contributed by atoms with Crippen molar-refractivity contribution >= 4 is 27.4 Å². The summed E-state index contributed by atoms with van der Waals surface area (Å²) < 4.78 is 1.66. The van der Waals surface area contributed by atoms with Gasteiger partial charge in [0.25, 0.3) is 0 Å². The largest absolute Gasteiger partial charge is 0.480 e. The second-order valence-electron chi connectivity index (χ2n) is 3.24. The first-order valence-electron chi connectivity index (χ1n) is 4.32. The molecule has 15 heavy (non-hydrogen) atoms. The lowest BCUT2D eigenvalue weighted by atomic mass is 10.6. The van der Waals surface area contributed by atoms with Crippen molar-refractivity contribution in [3.8, 4) is 0 Å². The third-order valence-electron chi connectivity index (χ3n) is 1.85. The van der Waals surface area contributed by atoms with E-state index in [9.17, 15) is 4.79 Å². The minimum atomic E-state index is -0.874. The van der Waals surface area contributed by atoms with E-state index in [4.69, 9.17) is 5.11 Å². The number of carboxylic acids is 1. The first-order valence-corrected chi connectivity index (χ1v) is 5.13. The average Bonchev–Trinajstić information content (AvgIpc) is 2.58. The molecule has 0 aromatic carbocycles. The second-order valence-corrected chi connectivity index (χ2v) is 4.18. The SMILES string of the molecule is Cc1cn2nc(N(C)CC(=O)O)sc2n1. The van der Waals surface area contributed by atoms with Gasteiger partial charge in [-0.05, 0) is 6.92 Å². The van der Waals surface area contributed by atoms with E-state index in [1.165, 1.54) is 11.3 Å². The number of carbonyl (C=O) groups is 1. The lowest BCUT2D eigenvalue weighted by molar-refractivity contribution is -0.135. The molecule has 0 saturated heterocycles. The molecule has 2 heterocycles. The van der Waals surface area contributed by atoms with Crippen LogP contribution in [0.25, 0.3) is 4.96 Å². The fourth-order valence-electron chi connectivity index (χ4n) is 1.22. The lowest BCUT2D eigenvalue weighted by Crippen LogP contribution is -2.25. The van der Waals surface area contributed by atoms with Gasteiger partial charge in [0.2, 0.25) is 10.1 Å². The summed E-state index contributed by atoms with van der Waals surface area (Å²) in [5.41, 5.74) is 0.904. The van der Waals surface area contributed by atoms with Gasteiger partial charge in [-0.15, -0.1) is 5.10 Å². The van der Waals surface area contributed by atoms with Crippen molar-refractivity contribution in [3.05, 3.63) is 11.9 Å². The molecule has 80 valence electrons. The van der Waals surface area contributed by atoms with E-state index in [1.54, 1.807) is 16.5 Å². The van der Waals surface area contributed by atoms with Crippen LogP contribution in [0, 0.1) is 6.92 Å². The van der Waals surface area contributed by atoms with Crippen molar-refractivity contribution in [1.82, 2.24) is 14.6 Å². The molecular formula is C8H10N4O2S. The van der Waals surface area contributed by atoms with Crippen LogP contribution in [-0.4, -0.2) is 39.3 Å². The predicted molar refractivity (Wildman–Crippen MR) is 56.5 cm³/mol. The number of imidazole rings is 1.